The van der Waals surface area contributed by atoms with Crippen LogP contribution in [0.15, 0.2) is 51.8 Å². The molecule has 0 aliphatic carbocycles. The quantitative estimate of drug-likeness (QED) is 0.698. The van der Waals surface area contributed by atoms with E-state index in [1.54, 1.807) is 24.3 Å². The lowest BCUT2D eigenvalue weighted by molar-refractivity contribution is 0.0285. The third kappa shape index (κ3) is 3.68. The molecule has 1 N–H and O–H groups in total. The molecule has 10 heteroatoms. The second-order valence-electron chi connectivity index (χ2n) is 6.39. The van der Waals surface area contributed by atoms with Gasteiger partial charge >= 0.3 is 0 Å². The summed E-state index contributed by atoms with van der Waals surface area (Å²) < 4.78 is 66.2. The van der Waals surface area contributed by atoms with Crippen LogP contribution in [0.1, 0.15) is 10.6 Å². The minimum absolute atomic E-state index is 0.124. The van der Waals surface area contributed by atoms with Crippen LogP contribution < -0.4 is 4.72 Å². The average molecular weight is 422 g/mol. The molecule has 0 bridgehead atoms. The normalized spacial score (nSPS) is 14.9. The summed E-state index contributed by atoms with van der Waals surface area (Å²) in [4.78, 5) is 13.5. The van der Waals surface area contributed by atoms with Crippen LogP contribution in [0.2, 0.25) is 0 Å². The van der Waals surface area contributed by atoms with Crippen LogP contribution in [0.25, 0.3) is 11.0 Å². The Morgan fingerprint density at radius 1 is 1.07 bits per heavy atom. The first-order valence-electron chi connectivity index (χ1n) is 8.73. The van der Waals surface area contributed by atoms with E-state index in [1.807, 2.05) is 0 Å². The van der Waals surface area contributed by atoms with Crippen LogP contribution in [0.3, 0.4) is 0 Å². The number of morpholine rings is 1. The van der Waals surface area contributed by atoms with E-state index in [0.717, 1.165) is 12.1 Å². The van der Waals surface area contributed by atoms with E-state index in [9.17, 15) is 22.0 Å². The predicted molar refractivity (Wildman–Crippen MR) is 100 cm³/mol. The summed E-state index contributed by atoms with van der Waals surface area (Å²) in [7, 11) is -4.54. The van der Waals surface area contributed by atoms with E-state index in [1.165, 1.54) is 4.90 Å². The van der Waals surface area contributed by atoms with Crippen LogP contribution >= 0.6 is 0 Å². The van der Waals surface area contributed by atoms with Gasteiger partial charge in [0.05, 0.1) is 13.2 Å². The van der Waals surface area contributed by atoms with Gasteiger partial charge in [-0.3, -0.25) is 9.52 Å². The predicted octanol–water partition coefficient (Wildman–Crippen LogP) is 2.98. The number of carbonyl (C=O) groups excluding carboxylic acids is 1. The molecule has 0 radical (unpaired) electrons. The zero-order chi connectivity index (χ0) is 20.6. The number of hydrogen-bond donors (Lipinski definition) is 1. The molecule has 4 rings (SSSR count). The van der Waals surface area contributed by atoms with Crippen molar-refractivity contribution < 1.29 is 31.1 Å². The standard InChI is InChI=1S/C19H16F2N2O5S/c20-12-5-6-14(21)16(11-12)29(25,26)22-17-13-3-1-2-4-15(13)28-18(17)19(24)23-7-9-27-10-8-23/h1-6,11,22H,7-10H2. The summed E-state index contributed by atoms with van der Waals surface area (Å²) in [5.41, 5.74) is 0.155. The van der Waals surface area contributed by atoms with Crippen molar-refractivity contribution in [2.45, 2.75) is 4.90 Å². The van der Waals surface area contributed by atoms with Crippen molar-refractivity contribution in [3.63, 3.8) is 0 Å². The zero-order valence-electron chi connectivity index (χ0n) is 15.0. The summed E-state index contributed by atoms with van der Waals surface area (Å²) in [5.74, 6) is -2.78. The maximum atomic E-state index is 14.1. The van der Waals surface area contributed by atoms with Gasteiger partial charge in [-0.2, -0.15) is 0 Å². The van der Waals surface area contributed by atoms with Gasteiger partial charge < -0.3 is 14.1 Å². The van der Waals surface area contributed by atoms with Crippen LogP contribution in [0.5, 0.6) is 0 Å². The topological polar surface area (TPSA) is 88.8 Å². The Labute approximate surface area is 164 Å². The van der Waals surface area contributed by atoms with Crippen molar-refractivity contribution in [3.8, 4) is 0 Å². The van der Waals surface area contributed by atoms with E-state index in [4.69, 9.17) is 9.15 Å². The summed E-state index contributed by atoms with van der Waals surface area (Å²) in [6.45, 7) is 1.34. The van der Waals surface area contributed by atoms with E-state index >= 15 is 0 Å². The minimum atomic E-state index is -4.54. The van der Waals surface area contributed by atoms with Gasteiger partial charge in [0.2, 0.25) is 5.76 Å². The fraction of sp³-hybridized carbons (Fsp3) is 0.211. The van der Waals surface area contributed by atoms with E-state index in [0.29, 0.717) is 37.8 Å². The number of furan rings is 1. The van der Waals surface area contributed by atoms with Crippen molar-refractivity contribution in [3.05, 3.63) is 59.9 Å². The van der Waals surface area contributed by atoms with Crippen molar-refractivity contribution >= 4 is 32.6 Å². The van der Waals surface area contributed by atoms with Gasteiger partial charge in [0.25, 0.3) is 15.9 Å². The fourth-order valence-electron chi connectivity index (χ4n) is 3.08. The molecule has 0 saturated carbocycles. The molecular weight excluding hydrogens is 406 g/mol. The number of sulfonamides is 1. The first-order valence-corrected chi connectivity index (χ1v) is 10.2. The molecule has 1 fully saturated rings. The number of anilines is 1. The number of halogens is 2. The van der Waals surface area contributed by atoms with Crippen molar-refractivity contribution in [2.75, 3.05) is 31.0 Å². The first kappa shape index (κ1) is 19.3. The highest BCUT2D eigenvalue weighted by atomic mass is 32.2. The molecule has 7 nitrogen and oxygen atoms in total. The van der Waals surface area contributed by atoms with Gasteiger partial charge in [-0.25, -0.2) is 17.2 Å². The lowest BCUT2D eigenvalue weighted by Gasteiger charge is -2.26. The number of carbonyl (C=O) groups is 1. The maximum absolute atomic E-state index is 14.1. The second kappa shape index (κ2) is 7.45. The molecule has 1 saturated heterocycles. The number of fused-ring (bicyclic) bond motifs is 1. The molecule has 0 unspecified atom stereocenters. The lowest BCUT2D eigenvalue weighted by atomic mass is 10.2. The molecule has 1 aromatic heterocycles. The minimum Gasteiger partial charge on any atom is -0.449 e. The summed E-state index contributed by atoms with van der Waals surface area (Å²) in [6, 6.07) is 8.55. The van der Waals surface area contributed by atoms with Crippen LogP contribution in [-0.2, 0) is 14.8 Å². The number of nitrogens with one attached hydrogen (secondary N) is 1. The molecule has 2 heterocycles. The fourth-order valence-corrected chi connectivity index (χ4v) is 4.25. The van der Waals surface area contributed by atoms with E-state index < -0.39 is 32.5 Å². The monoisotopic (exact) mass is 422 g/mol. The molecule has 1 amide bonds. The summed E-state index contributed by atoms with van der Waals surface area (Å²) >= 11 is 0. The van der Waals surface area contributed by atoms with Gasteiger partial charge in [0, 0.05) is 18.5 Å². The van der Waals surface area contributed by atoms with E-state index in [2.05, 4.69) is 4.72 Å². The van der Waals surface area contributed by atoms with Gasteiger partial charge in [-0.15, -0.1) is 0 Å². The van der Waals surface area contributed by atoms with Crippen LogP contribution in [-0.4, -0.2) is 45.5 Å². The van der Waals surface area contributed by atoms with Gasteiger partial charge in [-0.1, -0.05) is 12.1 Å². The van der Waals surface area contributed by atoms with E-state index in [-0.39, 0.29) is 17.0 Å². The smallest absolute Gasteiger partial charge is 0.291 e. The van der Waals surface area contributed by atoms with Crippen molar-refractivity contribution in [2.24, 2.45) is 0 Å². The molecular formula is C19H16F2N2O5S. The Morgan fingerprint density at radius 2 is 1.79 bits per heavy atom. The number of nitrogens with zero attached hydrogens (tertiary/aromatic N) is 1. The Morgan fingerprint density at radius 3 is 2.55 bits per heavy atom. The second-order valence-corrected chi connectivity index (χ2v) is 8.04. The molecule has 1 aliphatic rings. The van der Waals surface area contributed by atoms with Crippen LogP contribution in [0, 0.1) is 11.6 Å². The maximum Gasteiger partial charge on any atom is 0.291 e. The van der Waals surface area contributed by atoms with Gasteiger partial charge in [0.1, 0.15) is 27.8 Å². The summed E-state index contributed by atoms with van der Waals surface area (Å²) in [6.07, 6.45) is 0. The number of rotatable bonds is 4. The molecule has 29 heavy (non-hydrogen) atoms. The summed E-state index contributed by atoms with van der Waals surface area (Å²) in [5, 5.41) is 0.324. The first-order chi connectivity index (χ1) is 13.9. The Kier molecular flexibility index (Phi) is 4.97. The SMILES string of the molecule is O=C(c1oc2ccccc2c1NS(=O)(=O)c1cc(F)ccc1F)N1CCOCC1. The molecule has 2 aromatic carbocycles. The van der Waals surface area contributed by atoms with Gasteiger partial charge in [0.15, 0.2) is 0 Å². The molecule has 152 valence electrons. The number of ether oxygens (including phenoxy) is 1. The largest absolute Gasteiger partial charge is 0.449 e. The highest BCUT2D eigenvalue weighted by Gasteiger charge is 2.30. The number of benzene rings is 2. The molecule has 0 atom stereocenters. The van der Waals surface area contributed by atoms with Crippen molar-refractivity contribution in [1.82, 2.24) is 4.90 Å². The number of para-hydroxylation sites is 1. The van der Waals surface area contributed by atoms with Crippen molar-refractivity contribution in [1.29, 1.82) is 0 Å². The third-order valence-corrected chi connectivity index (χ3v) is 5.87. The van der Waals surface area contributed by atoms with Crippen LogP contribution in [0.4, 0.5) is 14.5 Å². The lowest BCUT2D eigenvalue weighted by Crippen LogP contribution is -2.40. The Bertz CT molecular complexity index is 1190. The number of hydrogen-bond acceptors (Lipinski definition) is 5. The van der Waals surface area contributed by atoms with Gasteiger partial charge in [-0.05, 0) is 30.3 Å². The number of amides is 1. The molecule has 3 aromatic rings. The zero-order valence-corrected chi connectivity index (χ0v) is 15.8. The highest BCUT2D eigenvalue weighted by molar-refractivity contribution is 7.92. The molecule has 0 spiro atoms. The Hall–Kier alpha value is -2.98. The average Bonchev–Trinajstić information content (AvgIpc) is 3.07. The highest BCUT2D eigenvalue weighted by Crippen LogP contribution is 2.34. The Balaban J connectivity index is 1.80. The third-order valence-electron chi connectivity index (χ3n) is 4.51. The molecule has 1 aliphatic heterocycles.